The number of aromatic nitrogens is 4. The van der Waals surface area contributed by atoms with E-state index in [4.69, 9.17) is 4.74 Å². The van der Waals surface area contributed by atoms with Gasteiger partial charge in [-0.25, -0.2) is 4.98 Å². The number of nitrogens with one attached hydrogen (secondary N) is 2. The number of aryl methyl sites for hydroxylation is 1. The van der Waals surface area contributed by atoms with Crippen molar-refractivity contribution in [3.05, 3.63) is 46.5 Å². The van der Waals surface area contributed by atoms with Crippen molar-refractivity contribution in [2.24, 2.45) is 7.05 Å². The zero-order valence-corrected chi connectivity index (χ0v) is 21.4. The number of fused-ring (bicyclic) bond motifs is 1. The second kappa shape index (κ2) is 10.7. The second-order valence-electron chi connectivity index (χ2n) is 10.2. The van der Waals surface area contributed by atoms with Crippen LogP contribution in [0.25, 0.3) is 11.0 Å². The lowest BCUT2D eigenvalue weighted by atomic mass is 9.93. The molecule has 2 heterocycles. The van der Waals surface area contributed by atoms with Crippen LogP contribution in [0.4, 0.5) is 24.7 Å². The molecule has 2 aromatic heterocycles. The summed E-state index contributed by atoms with van der Waals surface area (Å²) in [5, 5.41) is 19.9. The third-order valence-electron chi connectivity index (χ3n) is 6.31. The number of alkyl halides is 3. The lowest BCUT2D eigenvalue weighted by Gasteiger charge is -2.30. The van der Waals surface area contributed by atoms with Gasteiger partial charge in [-0.05, 0) is 63.8 Å². The molecule has 1 fully saturated rings. The van der Waals surface area contributed by atoms with Crippen molar-refractivity contribution in [2.45, 2.75) is 70.0 Å². The Labute approximate surface area is 216 Å². The van der Waals surface area contributed by atoms with Crippen LogP contribution in [0.15, 0.2) is 35.4 Å². The van der Waals surface area contributed by atoms with Crippen LogP contribution in [0, 0.1) is 0 Å². The third kappa shape index (κ3) is 6.70. The molecule has 0 spiro atoms. The second-order valence-corrected chi connectivity index (χ2v) is 10.2. The maximum atomic E-state index is 13.1. The summed E-state index contributed by atoms with van der Waals surface area (Å²) in [6.07, 6.45) is -0.161. The molecule has 0 radical (unpaired) electrons. The molecule has 0 aliphatic heterocycles. The van der Waals surface area contributed by atoms with E-state index in [2.05, 4.69) is 20.7 Å². The summed E-state index contributed by atoms with van der Waals surface area (Å²) in [4.78, 5) is 30.0. The van der Waals surface area contributed by atoms with E-state index in [1.807, 2.05) is 0 Å². The van der Waals surface area contributed by atoms with Gasteiger partial charge in [0.2, 0.25) is 5.91 Å². The van der Waals surface area contributed by atoms with Gasteiger partial charge in [-0.2, -0.15) is 18.3 Å². The number of carbonyl (C=O) groups excluding carboxylic acids is 1. The van der Waals surface area contributed by atoms with E-state index in [0.29, 0.717) is 5.69 Å². The van der Waals surface area contributed by atoms with Crippen molar-refractivity contribution in [1.82, 2.24) is 24.6 Å². The Bertz CT molecular complexity index is 1340. The maximum absolute atomic E-state index is 13.1. The summed E-state index contributed by atoms with van der Waals surface area (Å²) in [7, 11) is 1.55. The Morgan fingerprint density at radius 2 is 1.82 bits per heavy atom. The Kier molecular flexibility index (Phi) is 7.79. The minimum absolute atomic E-state index is 0.0341. The maximum Gasteiger partial charge on any atom is 0.416 e. The highest BCUT2D eigenvalue weighted by atomic mass is 19.4. The quantitative estimate of drug-likeness (QED) is 0.404. The first-order chi connectivity index (χ1) is 17.8. The third-order valence-corrected chi connectivity index (χ3v) is 6.31. The van der Waals surface area contributed by atoms with Gasteiger partial charge in [0.25, 0.3) is 5.56 Å². The molecule has 206 valence electrons. The Hall–Kier alpha value is -3.45. The largest absolute Gasteiger partial charge is 0.416 e. The fraction of sp³-hybridized carbons (Fsp3) is 0.520. The average molecular weight is 537 g/mol. The summed E-state index contributed by atoms with van der Waals surface area (Å²) >= 11 is 0. The molecule has 1 aliphatic rings. The van der Waals surface area contributed by atoms with E-state index in [-0.39, 0.29) is 48.1 Å². The van der Waals surface area contributed by atoms with Gasteiger partial charge >= 0.3 is 6.18 Å². The van der Waals surface area contributed by atoms with Crippen LogP contribution < -0.4 is 16.2 Å². The average Bonchev–Trinajstić information content (AvgIpc) is 3.15. The number of nitrogens with zero attached hydrogens (tertiary/aromatic N) is 4. The molecule has 0 bridgehead atoms. The molecule has 13 heteroatoms. The van der Waals surface area contributed by atoms with Gasteiger partial charge in [-0.3, -0.25) is 18.8 Å². The molecule has 10 nitrogen and oxygen atoms in total. The molecule has 3 aromatic rings. The summed E-state index contributed by atoms with van der Waals surface area (Å²) in [6, 6.07) is 4.39. The fourth-order valence-electron chi connectivity index (χ4n) is 4.39. The molecule has 4 rings (SSSR count). The molecular formula is C25H31F3N6O4. The van der Waals surface area contributed by atoms with E-state index < -0.39 is 22.9 Å². The van der Waals surface area contributed by atoms with Crippen molar-refractivity contribution in [2.75, 3.05) is 11.9 Å². The number of carbonyl (C=O) groups is 1. The molecule has 1 aromatic carbocycles. The molecule has 3 N–H and O–H groups in total. The number of anilines is 2. The standard InChI is InChI=1S/C25H31F3N6O4/c1-24(2,37)13-38-18-10-8-16(9-11-18)30-19(35)12-34-14-29-20-21(23(34)36)33(3)32-22(20)31-17-6-4-15(5-7-17)25(26,27)28/h4-7,14,16,18,37H,8-13H2,1-3H3,(H,30,35)(H,31,32)/t16-,18-. The predicted molar refractivity (Wildman–Crippen MR) is 134 cm³/mol. The molecule has 0 atom stereocenters. The van der Waals surface area contributed by atoms with Crippen molar-refractivity contribution in [3.63, 3.8) is 0 Å². The van der Waals surface area contributed by atoms with Crippen molar-refractivity contribution < 1.29 is 27.8 Å². The number of rotatable bonds is 8. The summed E-state index contributed by atoms with van der Waals surface area (Å²) < 4.78 is 46.7. The van der Waals surface area contributed by atoms with Crippen LogP contribution in [-0.2, 0) is 29.3 Å². The van der Waals surface area contributed by atoms with Crippen LogP contribution in [0.2, 0.25) is 0 Å². The summed E-state index contributed by atoms with van der Waals surface area (Å²) in [6.45, 7) is 3.41. The van der Waals surface area contributed by atoms with Crippen LogP contribution >= 0.6 is 0 Å². The van der Waals surface area contributed by atoms with Gasteiger partial charge in [0.15, 0.2) is 11.3 Å². The predicted octanol–water partition coefficient (Wildman–Crippen LogP) is 3.11. The number of halogens is 3. The lowest BCUT2D eigenvalue weighted by molar-refractivity contribution is -0.137. The van der Waals surface area contributed by atoms with E-state index in [1.54, 1.807) is 20.9 Å². The van der Waals surface area contributed by atoms with Crippen LogP contribution in [0.5, 0.6) is 0 Å². The number of benzene rings is 1. The van der Waals surface area contributed by atoms with Crippen LogP contribution in [0.1, 0.15) is 45.1 Å². The molecular weight excluding hydrogens is 505 g/mol. The van der Waals surface area contributed by atoms with Gasteiger partial charge in [0.05, 0.1) is 30.2 Å². The first kappa shape index (κ1) is 27.6. The highest BCUT2D eigenvalue weighted by molar-refractivity contribution is 5.87. The van der Waals surface area contributed by atoms with Gasteiger partial charge in [0, 0.05) is 18.8 Å². The lowest BCUT2D eigenvalue weighted by Crippen LogP contribution is -2.42. The zero-order chi connectivity index (χ0) is 27.7. The molecule has 0 unspecified atom stereocenters. The van der Waals surface area contributed by atoms with Gasteiger partial charge in [-0.15, -0.1) is 0 Å². The van der Waals surface area contributed by atoms with E-state index in [9.17, 15) is 27.9 Å². The fourth-order valence-corrected chi connectivity index (χ4v) is 4.39. The van der Waals surface area contributed by atoms with Crippen molar-refractivity contribution in [1.29, 1.82) is 0 Å². The summed E-state index contributed by atoms with van der Waals surface area (Å²) in [5.74, 6) is -0.112. The normalized spacial score (nSPS) is 18.5. The van der Waals surface area contributed by atoms with Gasteiger partial charge < -0.3 is 20.5 Å². The number of aliphatic hydroxyl groups is 1. The molecule has 38 heavy (non-hydrogen) atoms. The monoisotopic (exact) mass is 536 g/mol. The number of hydrogen-bond donors (Lipinski definition) is 3. The smallest absolute Gasteiger partial charge is 0.388 e. The molecule has 1 aliphatic carbocycles. The Morgan fingerprint density at radius 3 is 2.42 bits per heavy atom. The van der Waals surface area contributed by atoms with Crippen LogP contribution in [0.3, 0.4) is 0 Å². The Morgan fingerprint density at radius 1 is 1.16 bits per heavy atom. The molecule has 0 saturated heterocycles. The van der Waals surface area contributed by atoms with E-state index >= 15 is 0 Å². The summed E-state index contributed by atoms with van der Waals surface area (Å²) in [5.41, 5.74) is -1.40. The highest BCUT2D eigenvalue weighted by Crippen LogP contribution is 2.31. The minimum atomic E-state index is -4.44. The zero-order valence-electron chi connectivity index (χ0n) is 21.4. The van der Waals surface area contributed by atoms with Crippen LogP contribution in [-0.4, -0.2) is 54.7 Å². The SMILES string of the molecule is Cn1nc(Nc2ccc(C(F)(F)F)cc2)c2ncn(CC(=O)N[C@H]3CC[C@H](OCC(C)(C)O)CC3)c(=O)c21. The number of ether oxygens (including phenoxy) is 1. The van der Waals surface area contributed by atoms with Gasteiger partial charge in [0.1, 0.15) is 12.1 Å². The number of amides is 1. The van der Waals surface area contributed by atoms with Gasteiger partial charge in [-0.1, -0.05) is 0 Å². The molecule has 1 saturated carbocycles. The van der Waals surface area contributed by atoms with E-state index in [1.165, 1.54) is 27.7 Å². The Balaban J connectivity index is 1.38. The first-order valence-corrected chi connectivity index (χ1v) is 12.3. The highest BCUT2D eigenvalue weighted by Gasteiger charge is 2.30. The minimum Gasteiger partial charge on any atom is -0.388 e. The van der Waals surface area contributed by atoms with E-state index in [0.717, 1.165) is 37.8 Å². The number of hydrogen-bond acceptors (Lipinski definition) is 7. The first-order valence-electron chi connectivity index (χ1n) is 12.3. The van der Waals surface area contributed by atoms with Crippen molar-refractivity contribution >= 4 is 28.4 Å². The topological polar surface area (TPSA) is 123 Å². The molecule has 1 amide bonds. The van der Waals surface area contributed by atoms with Crippen molar-refractivity contribution in [3.8, 4) is 0 Å².